The van der Waals surface area contributed by atoms with Gasteiger partial charge in [-0.3, -0.25) is 4.79 Å². The summed E-state index contributed by atoms with van der Waals surface area (Å²) in [4.78, 5) is 24.1. The van der Waals surface area contributed by atoms with Gasteiger partial charge in [0.1, 0.15) is 5.54 Å². The first-order valence-corrected chi connectivity index (χ1v) is 4.69. The number of nitrogens with zero attached hydrogens (tertiary/aromatic N) is 1. The van der Waals surface area contributed by atoms with E-state index in [1.54, 1.807) is 6.92 Å². The third kappa shape index (κ3) is 1.64. The average Bonchev–Trinajstić information content (AvgIpc) is 2.21. The van der Waals surface area contributed by atoms with Crippen LogP contribution < -0.4 is 5.32 Å². The second-order valence-electron chi connectivity index (χ2n) is 4.22. The molecule has 0 aromatic carbocycles. The zero-order valence-electron chi connectivity index (χ0n) is 8.83. The molecule has 0 spiro atoms. The molecule has 1 fully saturated rings. The molecule has 1 aliphatic heterocycles. The zero-order valence-corrected chi connectivity index (χ0v) is 8.83. The molecule has 0 bridgehead atoms. The lowest BCUT2D eigenvalue weighted by atomic mass is 9.91. The monoisotopic (exact) mass is 196 g/mol. The van der Waals surface area contributed by atoms with E-state index in [1.165, 1.54) is 6.20 Å². The SMILES string of the molecule is C=CN1C(=O)NC(C)(CC(C)C)C1=O. The van der Waals surface area contributed by atoms with Gasteiger partial charge in [-0.05, 0) is 19.3 Å². The molecule has 1 atom stereocenters. The van der Waals surface area contributed by atoms with Crippen molar-refractivity contribution in [1.82, 2.24) is 10.2 Å². The quantitative estimate of drug-likeness (QED) is 0.695. The lowest BCUT2D eigenvalue weighted by molar-refractivity contribution is -0.129. The summed E-state index contributed by atoms with van der Waals surface area (Å²) >= 11 is 0. The summed E-state index contributed by atoms with van der Waals surface area (Å²) in [5.41, 5.74) is -0.764. The van der Waals surface area contributed by atoms with Crippen LogP contribution in [0.25, 0.3) is 0 Å². The van der Waals surface area contributed by atoms with Gasteiger partial charge in [0.05, 0.1) is 0 Å². The molecule has 1 heterocycles. The Labute approximate surface area is 84.0 Å². The second kappa shape index (κ2) is 3.44. The van der Waals surface area contributed by atoms with Gasteiger partial charge < -0.3 is 5.32 Å². The molecular formula is C10H16N2O2. The Morgan fingerprint density at radius 3 is 2.50 bits per heavy atom. The Bertz CT molecular complexity index is 286. The fourth-order valence-corrected chi connectivity index (χ4v) is 1.83. The fraction of sp³-hybridized carbons (Fsp3) is 0.600. The number of hydrogen-bond donors (Lipinski definition) is 1. The van der Waals surface area contributed by atoms with Gasteiger partial charge in [0, 0.05) is 6.20 Å². The number of carbonyl (C=O) groups excluding carboxylic acids is 2. The van der Waals surface area contributed by atoms with Gasteiger partial charge in [-0.15, -0.1) is 0 Å². The van der Waals surface area contributed by atoms with E-state index in [0.29, 0.717) is 12.3 Å². The van der Waals surface area contributed by atoms with E-state index in [2.05, 4.69) is 11.9 Å². The molecule has 0 aliphatic carbocycles. The molecule has 1 rings (SSSR count). The van der Waals surface area contributed by atoms with E-state index >= 15 is 0 Å². The molecule has 1 N–H and O–H groups in total. The van der Waals surface area contributed by atoms with Crippen molar-refractivity contribution in [1.29, 1.82) is 0 Å². The van der Waals surface area contributed by atoms with Gasteiger partial charge in [-0.25, -0.2) is 9.69 Å². The van der Waals surface area contributed by atoms with Crippen molar-refractivity contribution in [3.63, 3.8) is 0 Å². The van der Waals surface area contributed by atoms with Crippen LogP contribution in [0.4, 0.5) is 4.79 Å². The highest BCUT2D eigenvalue weighted by Crippen LogP contribution is 2.24. The predicted octanol–water partition coefficient (Wildman–Crippen LogP) is 1.49. The first kappa shape index (κ1) is 10.8. The number of urea groups is 1. The van der Waals surface area contributed by atoms with E-state index in [1.807, 2.05) is 13.8 Å². The lowest BCUT2D eigenvalue weighted by Gasteiger charge is -2.22. The number of imide groups is 1. The maximum atomic E-state index is 11.8. The molecule has 14 heavy (non-hydrogen) atoms. The Morgan fingerprint density at radius 1 is 1.57 bits per heavy atom. The van der Waals surface area contributed by atoms with Crippen molar-refractivity contribution in [3.8, 4) is 0 Å². The van der Waals surface area contributed by atoms with E-state index in [0.717, 1.165) is 4.90 Å². The van der Waals surface area contributed by atoms with Crippen molar-refractivity contribution in [2.45, 2.75) is 32.7 Å². The summed E-state index contributed by atoms with van der Waals surface area (Å²) < 4.78 is 0. The number of rotatable bonds is 3. The summed E-state index contributed by atoms with van der Waals surface area (Å²) in [6.45, 7) is 9.21. The van der Waals surface area contributed by atoms with Crippen LogP contribution in [-0.4, -0.2) is 22.4 Å². The smallest absolute Gasteiger partial charge is 0.323 e. The summed E-state index contributed by atoms with van der Waals surface area (Å²) in [6, 6.07) is -0.381. The summed E-state index contributed by atoms with van der Waals surface area (Å²) in [6.07, 6.45) is 1.89. The minimum absolute atomic E-state index is 0.216. The molecule has 4 heteroatoms. The van der Waals surface area contributed by atoms with Crippen LogP contribution in [0.1, 0.15) is 27.2 Å². The maximum Gasteiger partial charge on any atom is 0.329 e. The Morgan fingerprint density at radius 2 is 2.14 bits per heavy atom. The highest BCUT2D eigenvalue weighted by Gasteiger charge is 2.46. The van der Waals surface area contributed by atoms with Crippen molar-refractivity contribution < 1.29 is 9.59 Å². The van der Waals surface area contributed by atoms with Gasteiger partial charge in [0.25, 0.3) is 5.91 Å². The van der Waals surface area contributed by atoms with Gasteiger partial charge in [0.2, 0.25) is 0 Å². The Kier molecular flexibility index (Phi) is 2.64. The largest absolute Gasteiger partial charge is 0.329 e. The average molecular weight is 196 g/mol. The van der Waals surface area contributed by atoms with Gasteiger partial charge in [0.15, 0.2) is 0 Å². The molecule has 78 valence electrons. The number of nitrogens with one attached hydrogen (secondary N) is 1. The van der Waals surface area contributed by atoms with Gasteiger partial charge in [-0.2, -0.15) is 0 Å². The molecular weight excluding hydrogens is 180 g/mol. The molecule has 3 amide bonds. The van der Waals surface area contributed by atoms with Crippen LogP contribution in [0.2, 0.25) is 0 Å². The van der Waals surface area contributed by atoms with E-state index in [9.17, 15) is 9.59 Å². The van der Waals surface area contributed by atoms with Gasteiger partial charge in [-0.1, -0.05) is 20.4 Å². The normalized spacial score (nSPS) is 27.0. The summed E-state index contributed by atoms with van der Waals surface area (Å²) in [7, 11) is 0. The summed E-state index contributed by atoms with van der Waals surface area (Å²) in [5, 5.41) is 2.68. The number of hydrogen-bond acceptors (Lipinski definition) is 2. The lowest BCUT2D eigenvalue weighted by Crippen LogP contribution is -2.44. The highest BCUT2D eigenvalue weighted by molar-refractivity contribution is 6.07. The zero-order chi connectivity index (χ0) is 10.9. The Hall–Kier alpha value is -1.32. The first-order chi connectivity index (χ1) is 6.40. The fourth-order valence-electron chi connectivity index (χ4n) is 1.83. The molecule has 0 radical (unpaired) electrons. The highest BCUT2D eigenvalue weighted by atomic mass is 16.2. The standard InChI is InChI=1S/C10H16N2O2/c1-5-12-8(13)10(4,6-7(2)3)11-9(12)14/h5,7H,1,6H2,2-4H3,(H,11,14). The van der Waals surface area contributed by atoms with Crippen LogP contribution >= 0.6 is 0 Å². The maximum absolute atomic E-state index is 11.8. The van der Waals surface area contributed by atoms with Crippen LogP contribution in [0.15, 0.2) is 12.8 Å². The predicted molar refractivity (Wildman–Crippen MR) is 53.4 cm³/mol. The molecule has 1 unspecified atom stereocenters. The third-order valence-corrected chi connectivity index (χ3v) is 2.29. The first-order valence-electron chi connectivity index (χ1n) is 4.69. The van der Waals surface area contributed by atoms with Crippen molar-refractivity contribution in [3.05, 3.63) is 12.8 Å². The molecule has 0 saturated carbocycles. The molecule has 0 aromatic heterocycles. The van der Waals surface area contributed by atoms with Crippen molar-refractivity contribution in [2.24, 2.45) is 5.92 Å². The molecule has 0 aromatic rings. The van der Waals surface area contributed by atoms with Crippen LogP contribution in [0, 0.1) is 5.92 Å². The van der Waals surface area contributed by atoms with Crippen LogP contribution in [0.5, 0.6) is 0 Å². The number of carbonyl (C=O) groups is 2. The van der Waals surface area contributed by atoms with Crippen LogP contribution in [-0.2, 0) is 4.79 Å². The summed E-state index contributed by atoms with van der Waals surface area (Å²) in [5.74, 6) is 0.139. The Balaban J connectivity index is 2.88. The molecule has 1 saturated heterocycles. The third-order valence-electron chi connectivity index (χ3n) is 2.29. The minimum atomic E-state index is -0.764. The van der Waals surface area contributed by atoms with Gasteiger partial charge >= 0.3 is 6.03 Å². The molecule has 1 aliphatic rings. The topological polar surface area (TPSA) is 49.4 Å². The molecule has 4 nitrogen and oxygen atoms in total. The van der Waals surface area contributed by atoms with Crippen LogP contribution in [0.3, 0.4) is 0 Å². The van der Waals surface area contributed by atoms with E-state index in [4.69, 9.17) is 0 Å². The van der Waals surface area contributed by atoms with Crippen molar-refractivity contribution >= 4 is 11.9 Å². The van der Waals surface area contributed by atoms with E-state index in [-0.39, 0.29) is 11.9 Å². The minimum Gasteiger partial charge on any atom is -0.323 e. The second-order valence-corrected chi connectivity index (χ2v) is 4.22. The number of amides is 3. The van der Waals surface area contributed by atoms with Crippen molar-refractivity contribution in [2.75, 3.05) is 0 Å². The van der Waals surface area contributed by atoms with E-state index < -0.39 is 5.54 Å².